The minimum atomic E-state index is -0.439. The number of esters is 1. The van der Waals surface area contributed by atoms with Gasteiger partial charge in [0.1, 0.15) is 10.8 Å². The number of ether oxygens (including phenoxy) is 1. The molecular weight excluding hydrogens is 412 g/mol. The van der Waals surface area contributed by atoms with Crippen LogP contribution in [0.1, 0.15) is 34.8 Å². The van der Waals surface area contributed by atoms with Crippen LogP contribution in [0.2, 0.25) is 0 Å². The predicted molar refractivity (Wildman–Crippen MR) is 113 cm³/mol. The summed E-state index contributed by atoms with van der Waals surface area (Å²) in [6.45, 7) is 8.42. The number of carbonyl (C=O) groups excluding carboxylic acids is 2. The fourth-order valence-electron chi connectivity index (χ4n) is 2.76. The summed E-state index contributed by atoms with van der Waals surface area (Å²) in [5.74, 6) is 0.947. The van der Waals surface area contributed by atoms with Gasteiger partial charge in [-0.1, -0.05) is 11.8 Å². The average Bonchev–Trinajstić information content (AvgIpc) is 3.38. The van der Waals surface area contributed by atoms with Crippen molar-refractivity contribution in [1.29, 1.82) is 0 Å². The van der Waals surface area contributed by atoms with Gasteiger partial charge in [-0.3, -0.25) is 4.79 Å². The van der Waals surface area contributed by atoms with Crippen LogP contribution in [0.4, 0.5) is 5.00 Å². The van der Waals surface area contributed by atoms with Crippen molar-refractivity contribution in [2.75, 3.05) is 17.7 Å². The Labute approximate surface area is 176 Å². The van der Waals surface area contributed by atoms with Crippen LogP contribution in [0, 0.1) is 13.8 Å². The normalized spacial score (nSPS) is 10.9. The molecule has 1 amide bonds. The third kappa shape index (κ3) is 4.70. The van der Waals surface area contributed by atoms with Crippen LogP contribution >= 0.6 is 23.1 Å². The van der Waals surface area contributed by atoms with Gasteiger partial charge >= 0.3 is 5.97 Å². The molecule has 0 fully saturated rings. The maximum Gasteiger partial charge on any atom is 0.341 e. The first kappa shape index (κ1) is 21.1. The number of nitrogens with zero attached hydrogens (tertiary/aromatic N) is 3. The summed E-state index contributed by atoms with van der Waals surface area (Å²) in [5.41, 5.74) is 1.26. The zero-order valence-electron chi connectivity index (χ0n) is 16.6. The first-order valence-corrected chi connectivity index (χ1v) is 10.9. The molecule has 3 aromatic heterocycles. The SMILES string of the molecule is CCOC(=O)c1cc(C)sc1NC(=O)CSc1nnc(-c2ccoc2C)n1CC. The van der Waals surface area contributed by atoms with Crippen molar-refractivity contribution in [2.45, 2.75) is 39.4 Å². The lowest BCUT2D eigenvalue weighted by Gasteiger charge is -2.08. The number of amides is 1. The van der Waals surface area contributed by atoms with Crippen LogP contribution in [0.25, 0.3) is 11.4 Å². The van der Waals surface area contributed by atoms with Crippen molar-refractivity contribution >= 4 is 40.0 Å². The van der Waals surface area contributed by atoms with Gasteiger partial charge in [0.15, 0.2) is 11.0 Å². The molecule has 29 heavy (non-hydrogen) atoms. The highest BCUT2D eigenvalue weighted by Crippen LogP contribution is 2.30. The summed E-state index contributed by atoms with van der Waals surface area (Å²) in [5, 5.41) is 12.4. The van der Waals surface area contributed by atoms with E-state index in [4.69, 9.17) is 9.15 Å². The third-order valence-electron chi connectivity index (χ3n) is 4.07. The molecule has 0 radical (unpaired) electrons. The van der Waals surface area contributed by atoms with E-state index in [9.17, 15) is 9.59 Å². The Morgan fingerprint density at radius 3 is 2.76 bits per heavy atom. The zero-order valence-corrected chi connectivity index (χ0v) is 18.3. The second-order valence-corrected chi connectivity index (χ2v) is 8.30. The molecule has 0 spiro atoms. The molecule has 0 aliphatic rings. The lowest BCUT2D eigenvalue weighted by atomic mass is 10.2. The molecule has 0 bridgehead atoms. The molecule has 0 atom stereocenters. The number of carbonyl (C=O) groups is 2. The van der Waals surface area contributed by atoms with E-state index < -0.39 is 5.97 Å². The molecule has 0 aromatic carbocycles. The molecule has 8 nitrogen and oxygen atoms in total. The summed E-state index contributed by atoms with van der Waals surface area (Å²) in [6, 6.07) is 3.57. The summed E-state index contributed by atoms with van der Waals surface area (Å²) < 4.78 is 12.3. The fourth-order valence-corrected chi connectivity index (χ4v) is 4.48. The zero-order chi connectivity index (χ0) is 21.0. The van der Waals surface area contributed by atoms with Crippen LogP contribution in [-0.2, 0) is 16.1 Å². The number of furan rings is 1. The molecule has 154 valence electrons. The number of rotatable bonds is 8. The highest BCUT2D eigenvalue weighted by molar-refractivity contribution is 7.99. The van der Waals surface area contributed by atoms with E-state index in [0.717, 1.165) is 16.2 Å². The van der Waals surface area contributed by atoms with Crippen LogP contribution in [-0.4, -0.2) is 39.0 Å². The molecule has 3 rings (SSSR count). The predicted octanol–water partition coefficient (Wildman–Crippen LogP) is 4.14. The first-order valence-electron chi connectivity index (χ1n) is 9.12. The Balaban J connectivity index is 1.69. The molecule has 0 aliphatic heterocycles. The number of aromatic nitrogens is 3. The largest absolute Gasteiger partial charge is 0.469 e. The quantitative estimate of drug-likeness (QED) is 0.420. The van der Waals surface area contributed by atoms with E-state index >= 15 is 0 Å². The van der Waals surface area contributed by atoms with Gasteiger partial charge in [-0.15, -0.1) is 21.5 Å². The van der Waals surface area contributed by atoms with E-state index in [1.54, 1.807) is 19.3 Å². The second-order valence-electron chi connectivity index (χ2n) is 6.10. The molecular formula is C19H22N4O4S2. The highest BCUT2D eigenvalue weighted by atomic mass is 32.2. The topological polar surface area (TPSA) is 99.2 Å². The smallest absolute Gasteiger partial charge is 0.341 e. The summed E-state index contributed by atoms with van der Waals surface area (Å²) in [4.78, 5) is 25.5. The van der Waals surface area contributed by atoms with Gasteiger partial charge in [0, 0.05) is 11.4 Å². The van der Waals surface area contributed by atoms with Gasteiger partial charge in [-0.05, 0) is 39.8 Å². The minimum Gasteiger partial charge on any atom is -0.469 e. The molecule has 0 aliphatic carbocycles. The monoisotopic (exact) mass is 434 g/mol. The highest BCUT2D eigenvalue weighted by Gasteiger charge is 2.20. The Morgan fingerprint density at radius 2 is 2.10 bits per heavy atom. The summed E-state index contributed by atoms with van der Waals surface area (Å²) >= 11 is 2.63. The van der Waals surface area contributed by atoms with Crippen molar-refractivity contribution in [2.24, 2.45) is 0 Å². The molecule has 0 saturated carbocycles. The molecule has 3 heterocycles. The van der Waals surface area contributed by atoms with Crippen molar-refractivity contribution in [1.82, 2.24) is 14.8 Å². The number of thioether (sulfide) groups is 1. The van der Waals surface area contributed by atoms with Gasteiger partial charge in [0.2, 0.25) is 5.91 Å². The molecule has 10 heteroatoms. The Morgan fingerprint density at radius 1 is 1.31 bits per heavy atom. The summed E-state index contributed by atoms with van der Waals surface area (Å²) in [7, 11) is 0. The lowest BCUT2D eigenvalue weighted by Crippen LogP contribution is -2.16. The van der Waals surface area contributed by atoms with Crippen molar-refractivity contribution in [3.8, 4) is 11.4 Å². The van der Waals surface area contributed by atoms with E-state index in [-0.39, 0.29) is 18.3 Å². The van der Waals surface area contributed by atoms with Gasteiger partial charge in [-0.2, -0.15) is 0 Å². The number of nitrogens with one attached hydrogen (secondary N) is 1. The lowest BCUT2D eigenvalue weighted by molar-refractivity contribution is -0.113. The molecule has 3 aromatic rings. The van der Waals surface area contributed by atoms with Crippen LogP contribution in [0.5, 0.6) is 0 Å². The minimum absolute atomic E-state index is 0.141. The van der Waals surface area contributed by atoms with Crippen molar-refractivity contribution in [3.05, 3.63) is 34.6 Å². The first-order chi connectivity index (χ1) is 13.9. The third-order valence-corrected chi connectivity index (χ3v) is 6.00. The van der Waals surface area contributed by atoms with Gasteiger partial charge in [0.25, 0.3) is 0 Å². The molecule has 1 N–H and O–H groups in total. The maximum absolute atomic E-state index is 12.5. The molecule has 0 unspecified atom stereocenters. The molecule has 0 saturated heterocycles. The Hall–Kier alpha value is -2.59. The van der Waals surface area contributed by atoms with Crippen molar-refractivity contribution < 1.29 is 18.7 Å². The van der Waals surface area contributed by atoms with Crippen LogP contribution in [0.15, 0.2) is 28.0 Å². The fraction of sp³-hybridized carbons (Fsp3) is 0.368. The van der Waals surface area contributed by atoms with Crippen LogP contribution in [0.3, 0.4) is 0 Å². The van der Waals surface area contributed by atoms with Crippen molar-refractivity contribution in [3.63, 3.8) is 0 Å². The van der Waals surface area contributed by atoms with E-state index in [1.807, 2.05) is 31.4 Å². The number of thiophene rings is 1. The number of anilines is 1. The van der Waals surface area contributed by atoms with Gasteiger partial charge in [0.05, 0.1) is 29.7 Å². The summed E-state index contributed by atoms with van der Waals surface area (Å²) in [6.07, 6.45) is 1.61. The van der Waals surface area contributed by atoms with E-state index in [2.05, 4.69) is 15.5 Å². The second kappa shape index (κ2) is 9.27. The Bertz CT molecular complexity index is 1020. The van der Waals surface area contributed by atoms with Crippen LogP contribution < -0.4 is 5.32 Å². The number of aryl methyl sites for hydroxylation is 2. The van der Waals surface area contributed by atoms with Gasteiger partial charge < -0.3 is 19.0 Å². The number of hydrogen-bond donors (Lipinski definition) is 1. The van der Waals surface area contributed by atoms with E-state index in [0.29, 0.717) is 28.1 Å². The average molecular weight is 435 g/mol. The standard InChI is InChI=1S/C19H22N4O4S2/c1-5-23-16(13-7-8-27-12(13)4)21-22-19(23)28-10-15(24)20-17-14(9-11(3)29-17)18(25)26-6-2/h7-9H,5-6,10H2,1-4H3,(H,20,24). The van der Waals surface area contributed by atoms with E-state index in [1.165, 1.54) is 23.1 Å². The Kier molecular flexibility index (Phi) is 6.75. The maximum atomic E-state index is 12.5. The number of hydrogen-bond acceptors (Lipinski definition) is 8. The van der Waals surface area contributed by atoms with Gasteiger partial charge in [-0.25, -0.2) is 4.79 Å².